The van der Waals surface area contributed by atoms with Crippen molar-refractivity contribution in [1.29, 1.82) is 0 Å². The number of aryl methyl sites for hydroxylation is 4. The first kappa shape index (κ1) is 43.0. The molecular formula is C60H65BN2O2. The number of nitrogens with zero attached hydrogens (tertiary/aromatic N) is 2. The van der Waals surface area contributed by atoms with Crippen molar-refractivity contribution >= 4 is 79.4 Å². The van der Waals surface area contributed by atoms with Crippen LogP contribution in [0.1, 0.15) is 128 Å². The van der Waals surface area contributed by atoms with Gasteiger partial charge < -0.3 is 13.7 Å². The molecule has 0 radical (unpaired) electrons. The van der Waals surface area contributed by atoms with Gasteiger partial charge in [-0.2, -0.15) is 0 Å². The maximum atomic E-state index is 7.35. The van der Waals surface area contributed by atoms with Gasteiger partial charge in [-0.05, 0) is 159 Å². The van der Waals surface area contributed by atoms with Crippen LogP contribution in [-0.2, 0) is 21.7 Å². The summed E-state index contributed by atoms with van der Waals surface area (Å²) in [6, 6.07) is 39.1. The molecule has 8 aromatic rings. The number of anilines is 6. The Labute approximate surface area is 387 Å². The van der Waals surface area contributed by atoms with E-state index in [9.17, 15) is 0 Å². The number of furan rings is 2. The lowest BCUT2D eigenvalue weighted by Crippen LogP contribution is -2.61. The number of fused-ring (bicyclic) bond motifs is 7. The number of hydrogen-bond acceptors (Lipinski definition) is 4. The third kappa shape index (κ3) is 6.86. The average molecular weight is 857 g/mol. The van der Waals surface area contributed by atoms with Crippen LogP contribution in [0, 0.1) is 27.7 Å². The number of para-hydroxylation sites is 1. The summed E-state index contributed by atoms with van der Waals surface area (Å²) >= 11 is 0. The largest absolute Gasteiger partial charge is 0.456 e. The predicted octanol–water partition coefficient (Wildman–Crippen LogP) is 15.4. The van der Waals surface area contributed by atoms with Crippen LogP contribution >= 0.6 is 0 Å². The monoisotopic (exact) mass is 857 g/mol. The van der Waals surface area contributed by atoms with Gasteiger partial charge in [0.25, 0.3) is 6.71 Å². The van der Waals surface area contributed by atoms with E-state index < -0.39 is 0 Å². The van der Waals surface area contributed by atoms with Crippen LogP contribution in [0.3, 0.4) is 0 Å². The highest BCUT2D eigenvalue weighted by molar-refractivity contribution is 7.01. The van der Waals surface area contributed by atoms with Gasteiger partial charge in [0.05, 0.1) is 11.4 Å². The summed E-state index contributed by atoms with van der Waals surface area (Å²) in [5.41, 5.74) is 22.6. The Morgan fingerprint density at radius 1 is 0.431 bits per heavy atom. The lowest BCUT2D eigenvalue weighted by Gasteiger charge is -2.45. The molecule has 2 aliphatic rings. The maximum absolute atomic E-state index is 7.35. The fourth-order valence-electron chi connectivity index (χ4n) is 10.7. The lowest BCUT2D eigenvalue weighted by atomic mass is 9.33. The van der Waals surface area contributed by atoms with E-state index in [2.05, 4.69) is 218 Å². The van der Waals surface area contributed by atoms with Crippen LogP contribution in [0.2, 0.25) is 0 Å². The molecule has 0 atom stereocenters. The van der Waals surface area contributed by atoms with Crippen LogP contribution < -0.4 is 26.2 Å². The third-order valence-corrected chi connectivity index (χ3v) is 14.3. The van der Waals surface area contributed by atoms with Gasteiger partial charge in [-0.25, -0.2) is 0 Å². The number of benzene rings is 6. The molecule has 0 unspecified atom stereocenters. The standard InChI is InChI=1S/C60H65BN2O2/c1-34-25-39(51-29-38-19-17-18-20-49(38)64-51)26-35(2)54(34)62-46-23-21-41(58(8,9)10)31-45(46)61-52-44-30-40(57(5,6)7)22-24-50(44)65-56(52)63(48-33-43(60(14,15)16)32-47(62)53(48)61)55-36(3)27-42(28-37(55)4)59(11,12)13/h17-33H,1-16H3. The summed E-state index contributed by atoms with van der Waals surface area (Å²) < 4.78 is 13.8. The van der Waals surface area contributed by atoms with Gasteiger partial charge in [0, 0.05) is 38.9 Å². The summed E-state index contributed by atoms with van der Waals surface area (Å²) in [5.74, 6) is 1.80. The van der Waals surface area contributed by atoms with Crippen molar-refractivity contribution < 1.29 is 8.83 Å². The molecule has 0 saturated heterocycles. The molecule has 0 aliphatic carbocycles. The molecule has 2 aromatic heterocycles. The molecule has 65 heavy (non-hydrogen) atoms. The van der Waals surface area contributed by atoms with Crippen molar-refractivity contribution in [2.75, 3.05) is 9.80 Å². The van der Waals surface area contributed by atoms with E-state index >= 15 is 0 Å². The van der Waals surface area contributed by atoms with Gasteiger partial charge in [-0.15, -0.1) is 0 Å². The quantitative estimate of drug-likeness (QED) is 0.166. The van der Waals surface area contributed by atoms with Crippen LogP contribution in [0.4, 0.5) is 34.3 Å². The first-order chi connectivity index (χ1) is 30.4. The SMILES string of the molecule is Cc1cc(-c2cc3ccccc3o2)cc(C)c1N1c2ccc(C(C)(C)C)cc2B2c3c1cc(C(C)(C)C)cc3N(c1c(C)cc(C(C)(C)C)cc1C)c1oc3ccc(C(C)(C)C)cc3c12. The summed E-state index contributed by atoms with van der Waals surface area (Å²) in [6.45, 7) is 36.9. The Hall–Kier alpha value is -5.94. The molecule has 6 aromatic carbocycles. The maximum Gasteiger partial charge on any atom is 0.257 e. The summed E-state index contributed by atoms with van der Waals surface area (Å²) in [5, 5.41) is 2.30. The smallest absolute Gasteiger partial charge is 0.257 e. The summed E-state index contributed by atoms with van der Waals surface area (Å²) in [4.78, 5) is 5.11. The Bertz CT molecular complexity index is 3180. The molecule has 2 aliphatic heterocycles. The molecule has 5 heteroatoms. The van der Waals surface area contributed by atoms with Crippen molar-refractivity contribution in [2.24, 2.45) is 0 Å². The van der Waals surface area contributed by atoms with E-state index in [0.29, 0.717) is 0 Å². The van der Waals surface area contributed by atoms with Gasteiger partial charge >= 0.3 is 0 Å². The van der Waals surface area contributed by atoms with Gasteiger partial charge in [0.15, 0.2) is 0 Å². The van der Waals surface area contributed by atoms with Crippen molar-refractivity contribution in [2.45, 2.75) is 132 Å². The van der Waals surface area contributed by atoms with Crippen LogP contribution in [0.25, 0.3) is 33.3 Å². The zero-order valence-corrected chi connectivity index (χ0v) is 41.6. The van der Waals surface area contributed by atoms with E-state index in [1.807, 2.05) is 6.07 Å². The third-order valence-electron chi connectivity index (χ3n) is 14.3. The van der Waals surface area contributed by atoms with E-state index in [1.165, 1.54) is 94.7 Å². The van der Waals surface area contributed by atoms with Crippen molar-refractivity contribution in [3.8, 4) is 11.3 Å². The van der Waals surface area contributed by atoms with Crippen LogP contribution in [0.5, 0.6) is 0 Å². The first-order valence-corrected chi connectivity index (χ1v) is 23.6. The second-order valence-corrected chi connectivity index (χ2v) is 23.4. The highest BCUT2D eigenvalue weighted by atomic mass is 16.4. The molecule has 10 rings (SSSR count). The topological polar surface area (TPSA) is 32.8 Å². The Morgan fingerprint density at radius 2 is 0.954 bits per heavy atom. The van der Waals surface area contributed by atoms with Crippen LogP contribution in [-0.4, -0.2) is 6.71 Å². The molecule has 4 nitrogen and oxygen atoms in total. The minimum absolute atomic E-state index is 0.00485. The molecule has 0 bridgehead atoms. The minimum atomic E-state index is -0.153. The van der Waals surface area contributed by atoms with E-state index in [1.54, 1.807) is 0 Å². The van der Waals surface area contributed by atoms with Crippen molar-refractivity contribution in [3.63, 3.8) is 0 Å². The van der Waals surface area contributed by atoms with E-state index in [4.69, 9.17) is 8.83 Å². The van der Waals surface area contributed by atoms with E-state index in [-0.39, 0.29) is 28.4 Å². The molecule has 330 valence electrons. The Morgan fingerprint density at radius 3 is 1.55 bits per heavy atom. The Balaban J connectivity index is 1.34. The first-order valence-electron chi connectivity index (χ1n) is 23.6. The summed E-state index contributed by atoms with van der Waals surface area (Å²) in [6.07, 6.45) is 0. The molecule has 0 amide bonds. The lowest BCUT2D eigenvalue weighted by molar-refractivity contribution is 0.587. The van der Waals surface area contributed by atoms with E-state index in [0.717, 1.165) is 33.8 Å². The fourth-order valence-corrected chi connectivity index (χ4v) is 10.7. The molecule has 0 N–H and O–H groups in total. The van der Waals surface area contributed by atoms with Gasteiger partial charge in [0.1, 0.15) is 16.9 Å². The Kier molecular flexibility index (Phi) is 9.44. The molecule has 0 spiro atoms. The van der Waals surface area contributed by atoms with Crippen molar-refractivity contribution in [3.05, 3.63) is 148 Å². The molecule has 0 fully saturated rings. The highest BCUT2D eigenvalue weighted by Gasteiger charge is 2.48. The highest BCUT2D eigenvalue weighted by Crippen LogP contribution is 2.51. The summed E-state index contributed by atoms with van der Waals surface area (Å²) in [7, 11) is 0. The second-order valence-electron chi connectivity index (χ2n) is 23.4. The normalized spacial score (nSPS) is 14.1. The molecule has 0 saturated carbocycles. The van der Waals surface area contributed by atoms with Gasteiger partial charge in [0.2, 0.25) is 5.88 Å². The fraction of sp³-hybridized carbons (Fsp3) is 0.333. The molecule has 4 heterocycles. The average Bonchev–Trinajstić information content (AvgIpc) is 3.82. The zero-order valence-electron chi connectivity index (χ0n) is 41.6. The van der Waals surface area contributed by atoms with Gasteiger partial charge in [-0.1, -0.05) is 132 Å². The van der Waals surface area contributed by atoms with Gasteiger partial charge in [-0.3, -0.25) is 4.90 Å². The number of hydrogen-bond donors (Lipinski definition) is 0. The van der Waals surface area contributed by atoms with Crippen molar-refractivity contribution in [1.82, 2.24) is 0 Å². The second kappa shape index (κ2) is 14.3. The number of rotatable bonds is 3. The van der Waals surface area contributed by atoms with Crippen LogP contribution in [0.15, 0.2) is 112 Å². The molecular weight excluding hydrogens is 791 g/mol. The zero-order chi connectivity index (χ0) is 46.4. The minimum Gasteiger partial charge on any atom is -0.456 e. The predicted molar refractivity (Wildman–Crippen MR) is 279 cm³/mol.